The highest BCUT2D eigenvalue weighted by atomic mass is 35.5. The molecule has 2 unspecified atom stereocenters. The topological polar surface area (TPSA) is 76.4 Å². The minimum atomic E-state index is -0.581. The molecule has 104 valence electrons. The third-order valence-electron chi connectivity index (χ3n) is 2.91. The number of amides is 2. The van der Waals surface area contributed by atoms with Gasteiger partial charge in [-0.25, -0.2) is 4.79 Å². The molecule has 0 saturated carbocycles. The average molecular weight is 304 g/mol. The van der Waals surface area contributed by atoms with Crippen molar-refractivity contribution < 1.29 is 9.53 Å². The van der Waals surface area contributed by atoms with E-state index >= 15 is 0 Å². The number of carbonyl (C=O) groups excluding carboxylic acids is 1. The fourth-order valence-electron chi connectivity index (χ4n) is 2.07. The van der Waals surface area contributed by atoms with E-state index in [1.165, 1.54) is 0 Å². The summed E-state index contributed by atoms with van der Waals surface area (Å²) in [5.41, 5.74) is 6.05. The zero-order valence-electron chi connectivity index (χ0n) is 10.2. The van der Waals surface area contributed by atoms with Gasteiger partial charge in [-0.1, -0.05) is 29.3 Å². The second kappa shape index (κ2) is 6.43. The lowest BCUT2D eigenvalue weighted by Gasteiger charge is -2.25. The lowest BCUT2D eigenvalue weighted by molar-refractivity contribution is 0.0467. The summed E-state index contributed by atoms with van der Waals surface area (Å²) in [7, 11) is 0. The van der Waals surface area contributed by atoms with Gasteiger partial charge in [0.25, 0.3) is 0 Å². The Hall–Kier alpha value is -1.01. The Morgan fingerprint density at radius 2 is 2.21 bits per heavy atom. The third kappa shape index (κ3) is 3.73. The van der Waals surface area contributed by atoms with Crippen LogP contribution in [0.2, 0.25) is 10.0 Å². The van der Waals surface area contributed by atoms with Crippen LogP contribution >= 0.6 is 23.2 Å². The van der Waals surface area contributed by atoms with Gasteiger partial charge in [-0.05, 0) is 17.7 Å². The molecular weight excluding hydrogens is 289 g/mol. The fraction of sp³-hybridized carbons (Fsp3) is 0.417. The molecule has 0 bridgehead atoms. The molecule has 0 spiro atoms. The monoisotopic (exact) mass is 303 g/mol. The van der Waals surface area contributed by atoms with Crippen molar-refractivity contribution in [1.82, 2.24) is 10.6 Å². The normalized spacial score (nSPS) is 23.7. The highest BCUT2D eigenvalue weighted by Crippen LogP contribution is 2.29. The van der Waals surface area contributed by atoms with E-state index in [9.17, 15) is 4.79 Å². The molecule has 1 aliphatic heterocycles. The zero-order valence-corrected chi connectivity index (χ0v) is 11.7. The summed E-state index contributed by atoms with van der Waals surface area (Å²) < 4.78 is 5.76. The van der Waals surface area contributed by atoms with Crippen LogP contribution < -0.4 is 16.4 Å². The number of halogens is 2. The number of primary amides is 1. The van der Waals surface area contributed by atoms with Crippen molar-refractivity contribution >= 4 is 29.2 Å². The standard InChI is InChI=1S/C12H15Cl2N3O2/c13-8-2-1-7(5-9(8)14)11-10(17-12(15)18)6-16-3-4-19-11/h1-2,5,10-11,16H,3-4,6H2,(H3,15,17,18). The first-order valence-corrected chi connectivity index (χ1v) is 6.67. The van der Waals surface area contributed by atoms with Crippen LogP contribution in [0.1, 0.15) is 11.7 Å². The molecular formula is C12H15Cl2N3O2. The van der Waals surface area contributed by atoms with Gasteiger partial charge in [-0.15, -0.1) is 0 Å². The van der Waals surface area contributed by atoms with E-state index in [-0.39, 0.29) is 12.1 Å². The van der Waals surface area contributed by atoms with Crippen LogP contribution in [0.15, 0.2) is 18.2 Å². The van der Waals surface area contributed by atoms with E-state index < -0.39 is 6.03 Å². The maximum atomic E-state index is 11.1. The van der Waals surface area contributed by atoms with Crippen LogP contribution in [0.25, 0.3) is 0 Å². The molecule has 1 aliphatic rings. The number of rotatable bonds is 2. The van der Waals surface area contributed by atoms with E-state index in [2.05, 4.69) is 10.6 Å². The van der Waals surface area contributed by atoms with Crippen LogP contribution in [-0.2, 0) is 4.74 Å². The molecule has 1 aromatic rings. The van der Waals surface area contributed by atoms with Crippen molar-refractivity contribution in [2.75, 3.05) is 19.7 Å². The van der Waals surface area contributed by atoms with Crippen molar-refractivity contribution in [2.45, 2.75) is 12.1 Å². The van der Waals surface area contributed by atoms with Crippen LogP contribution in [0.5, 0.6) is 0 Å². The van der Waals surface area contributed by atoms with Gasteiger partial charge in [0.2, 0.25) is 0 Å². The molecule has 0 aliphatic carbocycles. The van der Waals surface area contributed by atoms with E-state index in [4.69, 9.17) is 33.7 Å². The van der Waals surface area contributed by atoms with Gasteiger partial charge < -0.3 is 21.1 Å². The van der Waals surface area contributed by atoms with Gasteiger partial charge in [0.05, 0.1) is 22.7 Å². The molecule has 4 N–H and O–H groups in total. The molecule has 2 atom stereocenters. The molecule has 0 aromatic heterocycles. The predicted octanol–water partition coefficient (Wildman–Crippen LogP) is 1.69. The second-order valence-electron chi connectivity index (χ2n) is 4.28. The summed E-state index contributed by atoms with van der Waals surface area (Å²) in [5, 5.41) is 6.79. The van der Waals surface area contributed by atoms with Crippen molar-refractivity contribution in [3.63, 3.8) is 0 Å². The second-order valence-corrected chi connectivity index (χ2v) is 5.10. The average Bonchev–Trinajstić information content (AvgIpc) is 2.57. The van der Waals surface area contributed by atoms with Gasteiger partial charge >= 0.3 is 6.03 Å². The van der Waals surface area contributed by atoms with Crippen molar-refractivity contribution in [1.29, 1.82) is 0 Å². The highest BCUT2D eigenvalue weighted by Gasteiger charge is 2.27. The van der Waals surface area contributed by atoms with Crippen LogP contribution in [0.4, 0.5) is 4.79 Å². The zero-order chi connectivity index (χ0) is 13.8. The minimum absolute atomic E-state index is 0.253. The molecule has 2 amide bonds. The predicted molar refractivity (Wildman–Crippen MR) is 74.5 cm³/mol. The highest BCUT2D eigenvalue weighted by molar-refractivity contribution is 6.42. The largest absolute Gasteiger partial charge is 0.370 e. The molecule has 2 rings (SSSR count). The summed E-state index contributed by atoms with van der Waals surface area (Å²) in [6.45, 7) is 1.84. The Morgan fingerprint density at radius 3 is 2.89 bits per heavy atom. The molecule has 19 heavy (non-hydrogen) atoms. The van der Waals surface area contributed by atoms with Gasteiger partial charge in [-0.3, -0.25) is 0 Å². The van der Waals surface area contributed by atoms with E-state index in [0.29, 0.717) is 23.2 Å². The molecule has 7 heteroatoms. The van der Waals surface area contributed by atoms with E-state index in [1.807, 2.05) is 6.07 Å². The molecule has 5 nitrogen and oxygen atoms in total. The molecule has 1 fully saturated rings. The SMILES string of the molecule is NC(=O)NC1CNCCOC1c1ccc(Cl)c(Cl)c1. The van der Waals surface area contributed by atoms with Gasteiger partial charge in [0.1, 0.15) is 6.10 Å². The Bertz CT molecular complexity index is 470. The van der Waals surface area contributed by atoms with Crippen molar-refractivity contribution in [3.05, 3.63) is 33.8 Å². The maximum absolute atomic E-state index is 11.1. The van der Waals surface area contributed by atoms with Crippen LogP contribution in [0.3, 0.4) is 0 Å². The minimum Gasteiger partial charge on any atom is -0.370 e. The number of nitrogens with two attached hydrogens (primary N) is 1. The molecule has 1 aromatic carbocycles. The smallest absolute Gasteiger partial charge is 0.312 e. The number of ether oxygens (including phenoxy) is 1. The van der Waals surface area contributed by atoms with Crippen LogP contribution in [0, 0.1) is 0 Å². The third-order valence-corrected chi connectivity index (χ3v) is 3.64. The Labute approximate surface area is 121 Å². The first-order chi connectivity index (χ1) is 9.08. The van der Waals surface area contributed by atoms with Gasteiger partial charge in [-0.2, -0.15) is 0 Å². The van der Waals surface area contributed by atoms with Crippen molar-refractivity contribution in [3.8, 4) is 0 Å². The van der Waals surface area contributed by atoms with E-state index in [0.717, 1.165) is 12.1 Å². The summed E-state index contributed by atoms with van der Waals surface area (Å²) in [6, 6.07) is 4.46. The molecule has 1 heterocycles. The van der Waals surface area contributed by atoms with E-state index in [1.54, 1.807) is 12.1 Å². The Morgan fingerprint density at radius 1 is 1.42 bits per heavy atom. The number of urea groups is 1. The first-order valence-electron chi connectivity index (χ1n) is 5.91. The summed E-state index contributed by atoms with van der Waals surface area (Å²) in [4.78, 5) is 11.1. The lowest BCUT2D eigenvalue weighted by Crippen LogP contribution is -2.46. The molecule has 0 radical (unpaired) electrons. The Balaban J connectivity index is 2.25. The lowest BCUT2D eigenvalue weighted by atomic mass is 10.0. The number of carbonyl (C=O) groups is 1. The summed E-state index contributed by atoms with van der Waals surface area (Å²) in [6.07, 6.45) is -0.308. The number of benzene rings is 1. The Kier molecular flexibility index (Phi) is 4.87. The summed E-state index contributed by atoms with van der Waals surface area (Å²) >= 11 is 11.9. The van der Waals surface area contributed by atoms with Crippen LogP contribution in [-0.4, -0.2) is 31.8 Å². The fourth-order valence-corrected chi connectivity index (χ4v) is 2.37. The quantitative estimate of drug-likeness (QED) is 0.778. The number of nitrogens with one attached hydrogen (secondary N) is 2. The molecule has 1 saturated heterocycles. The number of hydrogen-bond acceptors (Lipinski definition) is 3. The maximum Gasteiger partial charge on any atom is 0.312 e. The summed E-state index contributed by atoms with van der Waals surface area (Å²) in [5.74, 6) is 0. The van der Waals surface area contributed by atoms with Gasteiger partial charge in [0.15, 0.2) is 0 Å². The van der Waals surface area contributed by atoms with Crippen molar-refractivity contribution in [2.24, 2.45) is 5.73 Å². The first kappa shape index (κ1) is 14.4. The number of hydrogen-bond donors (Lipinski definition) is 3. The van der Waals surface area contributed by atoms with Gasteiger partial charge in [0, 0.05) is 13.1 Å².